The van der Waals surface area contributed by atoms with Gasteiger partial charge in [0.05, 0.1) is 18.2 Å². The molecule has 1 fully saturated rings. The highest BCUT2D eigenvalue weighted by Gasteiger charge is 2.37. The van der Waals surface area contributed by atoms with E-state index in [-0.39, 0.29) is 18.6 Å². The third-order valence-corrected chi connectivity index (χ3v) is 5.61. The lowest BCUT2D eigenvalue weighted by molar-refractivity contribution is -0.208. The number of hydrogen-bond donors (Lipinski definition) is 2. The summed E-state index contributed by atoms with van der Waals surface area (Å²) in [5, 5.41) is 13.0. The molecule has 0 aromatic heterocycles. The Balaban J connectivity index is 1.42. The van der Waals surface area contributed by atoms with Crippen LogP contribution in [-0.2, 0) is 14.2 Å². The predicted molar refractivity (Wildman–Crippen MR) is 104 cm³/mol. The SMILES string of the molecule is CO[C@H]1C[C@H](O)[C@H](NC(=O)OCC2c3ccccc3-c3ccccc32)[C@H](C)O1. The van der Waals surface area contributed by atoms with Crippen LogP contribution in [0.3, 0.4) is 0 Å². The molecule has 28 heavy (non-hydrogen) atoms. The van der Waals surface area contributed by atoms with Gasteiger partial charge in [0.25, 0.3) is 0 Å². The van der Waals surface area contributed by atoms with Crippen LogP contribution in [0.25, 0.3) is 11.1 Å². The minimum atomic E-state index is -0.755. The van der Waals surface area contributed by atoms with Crippen LogP contribution in [0.15, 0.2) is 48.5 Å². The maximum absolute atomic E-state index is 12.4. The largest absolute Gasteiger partial charge is 0.449 e. The number of benzene rings is 2. The lowest BCUT2D eigenvalue weighted by Gasteiger charge is -2.37. The number of rotatable bonds is 4. The molecule has 148 valence electrons. The first-order valence-corrected chi connectivity index (χ1v) is 9.56. The minimum Gasteiger partial charge on any atom is -0.449 e. The Kier molecular flexibility index (Phi) is 5.35. The van der Waals surface area contributed by atoms with Gasteiger partial charge in [-0.3, -0.25) is 0 Å². The Morgan fingerprint density at radius 1 is 1.14 bits per heavy atom. The van der Waals surface area contributed by atoms with Crippen molar-refractivity contribution in [2.45, 2.75) is 43.8 Å². The summed E-state index contributed by atoms with van der Waals surface area (Å²) in [4.78, 5) is 12.4. The average molecular weight is 383 g/mol. The molecule has 4 atom stereocenters. The summed E-state index contributed by atoms with van der Waals surface area (Å²) in [6, 6.07) is 15.8. The molecule has 1 aliphatic heterocycles. The summed E-state index contributed by atoms with van der Waals surface area (Å²) in [5.74, 6) is 0.000902. The Morgan fingerprint density at radius 2 is 1.75 bits per heavy atom. The number of aliphatic hydroxyl groups is 1. The summed E-state index contributed by atoms with van der Waals surface area (Å²) in [6.07, 6.45) is -1.86. The molecule has 0 spiro atoms. The summed E-state index contributed by atoms with van der Waals surface area (Å²) in [6.45, 7) is 2.03. The predicted octanol–water partition coefficient (Wildman–Crippen LogP) is 3.04. The van der Waals surface area contributed by atoms with Crippen LogP contribution < -0.4 is 5.32 Å². The van der Waals surface area contributed by atoms with Crippen LogP contribution in [0.2, 0.25) is 0 Å². The van der Waals surface area contributed by atoms with Gasteiger partial charge in [0, 0.05) is 19.4 Å². The Hall–Kier alpha value is -2.41. The second-order valence-corrected chi connectivity index (χ2v) is 7.31. The quantitative estimate of drug-likeness (QED) is 0.849. The van der Waals surface area contributed by atoms with E-state index in [2.05, 4.69) is 29.6 Å². The highest BCUT2D eigenvalue weighted by Crippen LogP contribution is 2.44. The Bertz CT molecular complexity index is 797. The third kappa shape index (κ3) is 3.51. The normalized spacial score (nSPS) is 26.4. The van der Waals surface area contributed by atoms with Crippen LogP contribution >= 0.6 is 0 Å². The molecule has 2 aromatic carbocycles. The molecule has 0 bridgehead atoms. The molecule has 1 saturated heterocycles. The molecular weight excluding hydrogens is 358 g/mol. The molecule has 6 heteroatoms. The van der Waals surface area contributed by atoms with Gasteiger partial charge in [-0.25, -0.2) is 4.79 Å². The van der Waals surface area contributed by atoms with Gasteiger partial charge in [-0.2, -0.15) is 0 Å². The molecule has 0 radical (unpaired) electrons. The summed E-state index contributed by atoms with van der Waals surface area (Å²) in [5.41, 5.74) is 4.69. The topological polar surface area (TPSA) is 77.0 Å². The van der Waals surface area contributed by atoms with Gasteiger partial charge < -0.3 is 24.6 Å². The van der Waals surface area contributed by atoms with Crippen molar-refractivity contribution in [3.8, 4) is 11.1 Å². The minimum absolute atomic E-state index is 0.000902. The molecule has 1 amide bonds. The lowest BCUT2D eigenvalue weighted by atomic mass is 9.98. The van der Waals surface area contributed by atoms with E-state index in [1.54, 1.807) is 6.92 Å². The monoisotopic (exact) mass is 383 g/mol. The maximum Gasteiger partial charge on any atom is 0.407 e. The van der Waals surface area contributed by atoms with E-state index in [9.17, 15) is 9.90 Å². The average Bonchev–Trinajstić information content (AvgIpc) is 3.03. The van der Waals surface area contributed by atoms with Crippen molar-refractivity contribution < 1.29 is 24.1 Å². The third-order valence-electron chi connectivity index (χ3n) is 5.61. The zero-order chi connectivity index (χ0) is 19.7. The highest BCUT2D eigenvalue weighted by molar-refractivity contribution is 5.79. The van der Waals surface area contributed by atoms with E-state index < -0.39 is 24.5 Å². The number of fused-ring (bicyclic) bond motifs is 3. The fourth-order valence-electron chi connectivity index (χ4n) is 4.18. The number of hydrogen-bond acceptors (Lipinski definition) is 5. The standard InChI is InChI=1S/C22H25NO5/c1-13-21(19(24)11-20(26-2)28-13)23-22(25)27-12-18-16-9-5-3-7-14(16)15-8-4-6-10-17(15)18/h3-10,13,18-21,24H,11-12H2,1-2H3,(H,23,25)/t13-,19-,20+,21+/m0/s1. The Labute approximate surface area is 164 Å². The second-order valence-electron chi connectivity index (χ2n) is 7.31. The maximum atomic E-state index is 12.4. The number of ether oxygens (including phenoxy) is 3. The van der Waals surface area contributed by atoms with E-state index in [4.69, 9.17) is 14.2 Å². The molecule has 4 rings (SSSR count). The Morgan fingerprint density at radius 3 is 2.32 bits per heavy atom. The molecule has 1 aliphatic carbocycles. The fourth-order valence-corrected chi connectivity index (χ4v) is 4.18. The fraction of sp³-hybridized carbons (Fsp3) is 0.409. The van der Waals surface area contributed by atoms with Crippen molar-refractivity contribution >= 4 is 6.09 Å². The van der Waals surface area contributed by atoms with E-state index >= 15 is 0 Å². The van der Waals surface area contributed by atoms with Gasteiger partial charge in [-0.1, -0.05) is 48.5 Å². The second kappa shape index (κ2) is 7.91. The van der Waals surface area contributed by atoms with E-state index in [1.807, 2.05) is 24.3 Å². The molecular formula is C22H25NO5. The first kappa shape index (κ1) is 18.9. The molecule has 0 unspecified atom stereocenters. The van der Waals surface area contributed by atoms with Crippen molar-refractivity contribution in [3.05, 3.63) is 59.7 Å². The molecule has 2 N–H and O–H groups in total. The zero-order valence-corrected chi connectivity index (χ0v) is 16.0. The molecule has 1 heterocycles. The zero-order valence-electron chi connectivity index (χ0n) is 16.0. The van der Waals surface area contributed by atoms with Crippen molar-refractivity contribution in [2.75, 3.05) is 13.7 Å². The smallest absolute Gasteiger partial charge is 0.407 e. The van der Waals surface area contributed by atoms with Crippen molar-refractivity contribution in [1.82, 2.24) is 5.32 Å². The van der Waals surface area contributed by atoms with Gasteiger partial charge >= 0.3 is 6.09 Å². The lowest BCUT2D eigenvalue weighted by Crippen LogP contribution is -2.56. The van der Waals surface area contributed by atoms with Crippen molar-refractivity contribution in [2.24, 2.45) is 0 Å². The number of amides is 1. The number of carbonyl (C=O) groups excluding carboxylic acids is 1. The van der Waals surface area contributed by atoms with Crippen LogP contribution in [-0.4, -0.2) is 49.5 Å². The first-order chi connectivity index (χ1) is 13.6. The first-order valence-electron chi connectivity index (χ1n) is 9.56. The van der Waals surface area contributed by atoms with Crippen LogP contribution in [0.1, 0.15) is 30.4 Å². The van der Waals surface area contributed by atoms with Crippen LogP contribution in [0.4, 0.5) is 4.79 Å². The van der Waals surface area contributed by atoms with Gasteiger partial charge in [0.15, 0.2) is 6.29 Å². The van der Waals surface area contributed by atoms with E-state index in [0.717, 1.165) is 11.1 Å². The number of alkyl carbamates (subject to hydrolysis) is 1. The molecule has 2 aliphatic rings. The summed E-state index contributed by atoms with van der Waals surface area (Å²) < 4.78 is 16.3. The van der Waals surface area contributed by atoms with E-state index in [0.29, 0.717) is 6.42 Å². The highest BCUT2D eigenvalue weighted by atomic mass is 16.7. The van der Waals surface area contributed by atoms with Gasteiger partial charge in [-0.15, -0.1) is 0 Å². The van der Waals surface area contributed by atoms with Gasteiger partial charge in [0.1, 0.15) is 6.61 Å². The van der Waals surface area contributed by atoms with Gasteiger partial charge in [0.2, 0.25) is 0 Å². The van der Waals surface area contributed by atoms with Gasteiger partial charge in [-0.05, 0) is 29.2 Å². The number of nitrogens with one attached hydrogen (secondary N) is 1. The number of methoxy groups -OCH3 is 1. The summed E-state index contributed by atoms with van der Waals surface area (Å²) >= 11 is 0. The van der Waals surface area contributed by atoms with Crippen LogP contribution in [0, 0.1) is 0 Å². The van der Waals surface area contributed by atoms with Crippen molar-refractivity contribution in [3.63, 3.8) is 0 Å². The number of aliphatic hydroxyl groups excluding tert-OH is 1. The summed E-state index contributed by atoms with van der Waals surface area (Å²) in [7, 11) is 1.53. The molecule has 2 aromatic rings. The van der Waals surface area contributed by atoms with Crippen LogP contribution in [0.5, 0.6) is 0 Å². The van der Waals surface area contributed by atoms with Crippen molar-refractivity contribution in [1.29, 1.82) is 0 Å². The van der Waals surface area contributed by atoms with E-state index in [1.165, 1.54) is 18.2 Å². The molecule has 0 saturated carbocycles. The number of carbonyl (C=O) groups is 1. The molecule has 6 nitrogen and oxygen atoms in total.